The molecule has 0 bridgehead atoms. The molecule has 11 heteroatoms. The first kappa shape index (κ1) is 29.4. The molecule has 3 atom stereocenters. The monoisotopic (exact) mass is 492 g/mol. The van der Waals surface area contributed by atoms with Crippen LogP contribution in [0.15, 0.2) is 24.3 Å². The van der Waals surface area contributed by atoms with E-state index in [1.807, 2.05) is 24.3 Å². The van der Waals surface area contributed by atoms with E-state index in [4.69, 9.17) is 23.6 Å². The van der Waals surface area contributed by atoms with Crippen molar-refractivity contribution in [3.8, 4) is 11.5 Å². The second-order valence-corrected chi connectivity index (χ2v) is 10.1. The molecule has 0 amide bonds. The molecule has 0 radical (unpaired) electrons. The molecule has 1 rings (SSSR count). The number of carbonyl (C=O) groups is 1. The number of hydrogen-bond acceptors (Lipinski definition) is 7. The summed E-state index contributed by atoms with van der Waals surface area (Å²) in [6, 6.07) is 7.45. The van der Waals surface area contributed by atoms with Gasteiger partial charge in [0.15, 0.2) is 6.10 Å². The first-order chi connectivity index (χ1) is 15.4. The number of quaternary nitrogens is 1. The third-order valence-electron chi connectivity index (χ3n) is 4.65. The number of ether oxygens (including phenoxy) is 2. The van der Waals surface area contributed by atoms with Crippen molar-refractivity contribution in [2.24, 2.45) is 0 Å². The number of phosphoric acid groups is 1. The van der Waals surface area contributed by atoms with Crippen LogP contribution in [0.3, 0.4) is 0 Å². The Morgan fingerprint density at radius 2 is 1.61 bits per heavy atom. The van der Waals surface area contributed by atoms with Gasteiger partial charge in [-0.25, -0.2) is 4.57 Å². The minimum absolute atomic E-state index is 0.0468. The van der Waals surface area contributed by atoms with E-state index in [0.717, 1.165) is 18.6 Å². The Hall–Kier alpha value is -1.68. The summed E-state index contributed by atoms with van der Waals surface area (Å²) in [7, 11) is 0.317. The predicted octanol–water partition coefficient (Wildman–Crippen LogP) is 3.42. The molecule has 190 valence electrons. The molecule has 0 aliphatic heterocycles. The summed E-state index contributed by atoms with van der Waals surface area (Å²) in [6.45, 7) is 3.20. The number of carboxylic acid groups (broad SMARTS) is 1. The van der Waals surface area contributed by atoms with Gasteiger partial charge in [-0.2, -0.15) is 0 Å². The molecule has 1 aromatic rings. The van der Waals surface area contributed by atoms with Crippen LogP contribution in [0.5, 0.6) is 11.5 Å². The number of nitrogens with zero attached hydrogens (tertiary/aromatic N) is 1. The Morgan fingerprint density at radius 3 is 2.15 bits per heavy atom. The van der Waals surface area contributed by atoms with Crippen LogP contribution in [-0.4, -0.2) is 78.9 Å². The number of benzene rings is 1. The lowest BCUT2D eigenvalue weighted by atomic mass is 10.2. The minimum atomic E-state index is -4.53. The third kappa shape index (κ3) is 13.0. The smallest absolute Gasteiger partial charge is 0.472 e. The maximum atomic E-state index is 12.2. The fraction of sp³-hybridized carbons (Fsp3) is 0.682. The summed E-state index contributed by atoms with van der Waals surface area (Å²) in [5.41, 5.74) is 0. The van der Waals surface area contributed by atoms with Gasteiger partial charge in [-0.1, -0.05) is 19.4 Å². The largest absolute Gasteiger partial charge is 0.493 e. The maximum Gasteiger partial charge on any atom is 0.472 e. The molecule has 2 unspecified atom stereocenters. The van der Waals surface area contributed by atoms with Gasteiger partial charge in [-0.3, -0.25) is 13.8 Å². The third-order valence-corrected chi connectivity index (χ3v) is 5.70. The summed E-state index contributed by atoms with van der Waals surface area (Å²) in [5.74, 6) is 0.226. The van der Waals surface area contributed by atoms with Crippen LogP contribution < -0.4 is 9.47 Å². The Labute approximate surface area is 196 Å². The molecule has 3 N–H and O–H groups in total. The van der Waals surface area contributed by atoms with Gasteiger partial charge in [0.05, 0.1) is 47.4 Å². The van der Waals surface area contributed by atoms with E-state index >= 15 is 0 Å². The number of carboxylic acids is 1. The highest BCUT2D eigenvalue weighted by Crippen LogP contribution is 2.46. The van der Waals surface area contributed by atoms with Gasteiger partial charge in [0, 0.05) is 6.07 Å². The van der Waals surface area contributed by atoms with Crippen LogP contribution in [0.4, 0.5) is 0 Å². The lowest BCUT2D eigenvalue weighted by Crippen LogP contribution is -2.52. The van der Waals surface area contributed by atoms with Crippen molar-refractivity contribution in [2.45, 2.75) is 57.8 Å². The molecule has 1 aromatic carbocycles. The van der Waals surface area contributed by atoms with Crippen molar-refractivity contribution < 1.29 is 47.5 Å². The number of hydrogen-bond donors (Lipinski definition) is 3. The predicted molar refractivity (Wildman–Crippen MR) is 123 cm³/mol. The van der Waals surface area contributed by atoms with Crippen molar-refractivity contribution in [3.05, 3.63) is 24.3 Å². The molecule has 0 heterocycles. The molecule has 0 saturated carbocycles. The summed E-state index contributed by atoms with van der Waals surface area (Å²) < 4.78 is 33.4. The van der Waals surface area contributed by atoms with Crippen LogP contribution in [0.25, 0.3) is 0 Å². The van der Waals surface area contributed by atoms with Crippen molar-refractivity contribution in [2.75, 3.05) is 41.0 Å². The molecule has 0 aromatic heterocycles. The molecule has 33 heavy (non-hydrogen) atoms. The maximum absolute atomic E-state index is 12.2. The number of aliphatic hydroxyl groups is 1. The molecule has 0 aliphatic carbocycles. The Kier molecular flexibility index (Phi) is 12.9. The normalized spacial score (nSPS) is 15.5. The standard InChI is InChI=1S/C22H38NO9P/c1-5-6-13-29-18-11-10-12-19(16-18)30-14-8-7-9-15-31-33(27,28)32-20(17-21(24)25)22(26)23(2,3)4/h10-12,16,20,22,26H,5-9,13-15,17H2,1-4H3,(H-,24,25,27,28)/p+1/t20-,22?/m1/s1. The number of aliphatic hydroxyl groups excluding tert-OH is 1. The van der Waals surface area contributed by atoms with Crippen LogP contribution >= 0.6 is 7.82 Å². The second kappa shape index (κ2) is 14.6. The van der Waals surface area contributed by atoms with Gasteiger partial charge in [0.25, 0.3) is 0 Å². The zero-order valence-corrected chi connectivity index (χ0v) is 20.9. The van der Waals surface area contributed by atoms with Crippen molar-refractivity contribution in [1.82, 2.24) is 0 Å². The Morgan fingerprint density at radius 1 is 1.03 bits per heavy atom. The van der Waals surface area contributed by atoms with E-state index in [9.17, 15) is 19.4 Å². The van der Waals surface area contributed by atoms with Crippen molar-refractivity contribution in [3.63, 3.8) is 0 Å². The van der Waals surface area contributed by atoms with E-state index in [2.05, 4.69) is 6.92 Å². The summed E-state index contributed by atoms with van der Waals surface area (Å²) in [5, 5.41) is 19.3. The van der Waals surface area contributed by atoms with Gasteiger partial charge in [0.2, 0.25) is 6.23 Å². The number of rotatable bonds is 18. The number of unbranched alkanes of at least 4 members (excludes halogenated alkanes) is 3. The van der Waals surface area contributed by atoms with Crippen LogP contribution in [0, 0.1) is 0 Å². The van der Waals surface area contributed by atoms with Gasteiger partial charge < -0.3 is 29.1 Å². The molecule has 0 spiro atoms. The summed E-state index contributed by atoms with van der Waals surface area (Å²) in [4.78, 5) is 21.0. The molecular formula is C22H39NO9P+. The van der Waals surface area contributed by atoms with E-state index in [0.29, 0.717) is 38.2 Å². The van der Waals surface area contributed by atoms with E-state index in [-0.39, 0.29) is 11.1 Å². The summed E-state index contributed by atoms with van der Waals surface area (Å²) >= 11 is 0. The fourth-order valence-corrected chi connectivity index (χ4v) is 3.75. The molecule has 10 nitrogen and oxygen atoms in total. The summed E-state index contributed by atoms with van der Waals surface area (Å²) in [6.07, 6.45) is 0.599. The van der Waals surface area contributed by atoms with Crippen LogP contribution in [0.1, 0.15) is 45.4 Å². The second-order valence-electron chi connectivity index (χ2n) is 8.66. The quantitative estimate of drug-likeness (QED) is 0.122. The van der Waals surface area contributed by atoms with Crippen LogP contribution in [-0.2, 0) is 18.4 Å². The zero-order valence-electron chi connectivity index (χ0n) is 20.0. The molecule has 0 fully saturated rings. The number of likely N-dealkylation sites (N-methyl/N-ethyl adjacent to an activating group) is 1. The Balaban J connectivity index is 2.34. The topological polar surface area (TPSA) is 132 Å². The highest BCUT2D eigenvalue weighted by molar-refractivity contribution is 7.47. The van der Waals surface area contributed by atoms with E-state index in [1.54, 1.807) is 21.1 Å². The average Bonchev–Trinajstić information content (AvgIpc) is 2.71. The van der Waals surface area contributed by atoms with Gasteiger partial charge in [-0.05, 0) is 37.8 Å². The molecule has 0 aliphatic rings. The van der Waals surface area contributed by atoms with Crippen molar-refractivity contribution >= 4 is 13.8 Å². The SMILES string of the molecule is CCCCOc1cccc(OCCCCCOP(=O)(O)O[C@H](CC(=O)O)C(O)[N+](C)(C)C)c1. The molecule has 0 saturated heterocycles. The first-order valence-electron chi connectivity index (χ1n) is 11.2. The van der Waals surface area contributed by atoms with Gasteiger partial charge >= 0.3 is 13.8 Å². The average molecular weight is 493 g/mol. The van der Waals surface area contributed by atoms with Gasteiger partial charge in [0.1, 0.15) is 11.5 Å². The number of phosphoric ester groups is 1. The zero-order chi connectivity index (χ0) is 24.9. The molecular weight excluding hydrogens is 453 g/mol. The highest BCUT2D eigenvalue weighted by Gasteiger charge is 2.39. The lowest BCUT2D eigenvalue weighted by Gasteiger charge is -2.34. The van der Waals surface area contributed by atoms with Gasteiger partial charge in [-0.15, -0.1) is 0 Å². The van der Waals surface area contributed by atoms with Crippen molar-refractivity contribution in [1.29, 1.82) is 0 Å². The first-order valence-corrected chi connectivity index (χ1v) is 12.7. The number of aliphatic carboxylic acids is 1. The Bertz CT molecular complexity index is 754. The minimum Gasteiger partial charge on any atom is -0.493 e. The van der Waals surface area contributed by atoms with E-state index in [1.165, 1.54) is 0 Å². The van der Waals surface area contributed by atoms with E-state index < -0.39 is 32.5 Å². The fourth-order valence-electron chi connectivity index (χ4n) is 2.81. The highest BCUT2D eigenvalue weighted by atomic mass is 31.2. The van der Waals surface area contributed by atoms with Crippen LogP contribution in [0.2, 0.25) is 0 Å². The lowest BCUT2D eigenvalue weighted by molar-refractivity contribution is -0.922.